The summed E-state index contributed by atoms with van der Waals surface area (Å²) >= 11 is 5.92. The van der Waals surface area contributed by atoms with Crippen LogP contribution < -0.4 is 10.1 Å². The lowest BCUT2D eigenvalue weighted by Gasteiger charge is -2.25. The van der Waals surface area contributed by atoms with Crippen molar-refractivity contribution in [3.63, 3.8) is 0 Å². The topological polar surface area (TPSA) is 94.5 Å². The second-order valence-corrected chi connectivity index (χ2v) is 8.15. The number of aliphatic hydroxyl groups is 1. The number of amides is 2. The fourth-order valence-electron chi connectivity index (χ4n) is 3.77. The molecule has 0 aliphatic carbocycles. The lowest BCUT2D eigenvalue weighted by atomic mass is 10.1. The number of benzene rings is 2. The van der Waals surface area contributed by atoms with Gasteiger partial charge in [-0.05, 0) is 36.2 Å². The van der Waals surface area contributed by atoms with Gasteiger partial charge in [-0.15, -0.1) is 0 Å². The van der Waals surface area contributed by atoms with E-state index in [4.69, 9.17) is 16.3 Å². The van der Waals surface area contributed by atoms with Crippen molar-refractivity contribution in [2.45, 2.75) is 25.9 Å². The lowest BCUT2D eigenvalue weighted by Crippen LogP contribution is -2.33. The van der Waals surface area contributed by atoms with Gasteiger partial charge in [0.15, 0.2) is 0 Å². The molecule has 0 spiro atoms. The molecule has 8 nitrogen and oxygen atoms in total. The average Bonchev–Trinajstić information content (AvgIpc) is 3.15. The first-order chi connectivity index (χ1) is 15.5. The van der Waals surface area contributed by atoms with Gasteiger partial charge in [0.2, 0.25) is 17.8 Å². The van der Waals surface area contributed by atoms with Crippen LogP contribution >= 0.6 is 11.6 Å². The Labute approximate surface area is 191 Å². The highest BCUT2D eigenvalue weighted by molar-refractivity contribution is 6.30. The number of fused-ring (bicyclic) bond motifs is 2. The molecule has 32 heavy (non-hydrogen) atoms. The summed E-state index contributed by atoms with van der Waals surface area (Å²) in [5.74, 6) is 1.19. The van der Waals surface area contributed by atoms with Crippen LogP contribution in [0.5, 0.6) is 5.75 Å². The summed E-state index contributed by atoms with van der Waals surface area (Å²) < 4.78 is 5.97. The van der Waals surface area contributed by atoms with E-state index in [0.29, 0.717) is 49.3 Å². The molecule has 2 aromatic carbocycles. The van der Waals surface area contributed by atoms with Crippen LogP contribution in [0.25, 0.3) is 0 Å². The van der Waals surface area contributed by atoms with Crippen LogP contribution in [0.15, 0.2) is 47.5 Å². The fraction of sp³-hybridized carbons (Fsp3) is 0.348. The van der Waals surface area contributed by atoms with Gasteiger partial charge in [0.05, 0.1) is 25.4 Å². The van der Waals surface area contributed by atoms with Gasteiger partial charge in [-0.3, -0.25) is 14.9 Å². The van der Waals surface area contributed by atoms with Crippen molar-refractivity contribution < 1.29 is 19.4 Å². The number of ether oxygens (including phenoxy) is 1. The molecule has 2 aliphatic heterocycles. The Morgan fingerprint density at radius 2 is 2.03 bits per heavy atom. The number of guanidine groups is 1. The van der Waals surface area contributed by atoms with Gasteiger partial charge in [-0.1, -0.05) is 29.8 Å². The van der Waals surface area contributed by atoms with Crippen LogP contribution in [0, 0.1) is 0 Å². The van der Waals surface area contributed by atoms with Crippen molar-refractivity contribution in [2.75, 3.05) is 26.3 Å². The largest absolute Gasteiger partial charge is 0.493 e. The molecule has 2 N–H and O–H groups in total. The summed E-state index contributed by atoms with van der Waals surface area (Å²) in [6, 6.07) is 13.0. The van der Waals surface area contributed by atoms with E-state index in [1.54, 1.807) is 17.0 Å². The number of nitrogens with one attached hydrogen (secondary N) is 1. The Bertz CT molecular complexity index is 1030. The van der Waals surface area contributed by atoms with Gasteiger partial charge < -0.3 is 19.6 Å². The van der Waals surface area contributed by atoms with E-state index in [1.165, 1.54) is 0 Å². The highest BCUT2D eigenvalue weighted by Crippen LogP contribution is 2.34. The number of carbonyl (C=O) groups excluding carboxylic acids is 2. The van der Waals surface area contributed by atoms with Gasteiger partial charge >= 0.3 is 0 Å². The van der Waals surface area contributed by atoms with Crippen LogP contribution in [0.2, 0.25) is 5.02 Å². The molecule has 2 heterocycles. The molecule has 0 unspecified atom stereocenters. The number of hydrogen-bond acceptors (Lipinski definition) is 6. The van der Waals surface area contributed by atoms with E-state index < -0.39 is 0 Å². The third-order valence-corrected chi connectivity index (χ3v) is 5.62. The number of hydrogen-bond donors (Lipinski definition) is 2. The monoisotopic (exact) mass is 456 g/mol. The van der Waals surface area contributed by atoms with Crippen LogP contribution in [0.4, 0.5) is 5.69 Å². The molecule has 1 fully saturated rings. The van der Waals surface area contributed by atoms with Crippen LogP contribution in [0.1, 0.15) is 24.0 Å². The Morgan fingerprint density at radius 1 is 1.22 bits per heavy atom. The molecule has 0 radical (unpaired) electrons. The lowest BCUT2D eigenvalue weighted by molar-refractivity contribution is -0.132. The number of carbonyl (C=O) groups is 2. The Morgan fingerprint density at radius 3 is 2.81 bits per heavy atom. The third-order valence-electron chi connectivity index (χ3n) is 5.37. The van der Waals surface area contributed by atoms with Gasteiger partial charge in [0.1, 0.15) is 12.3 Å². The van der Waals surface area contributed by atoms with Gasteiger partial charge in [-0.2, -0.15) is 0 Å². The zero-order chi connectivity index (χ0) is 22.5. The maximum absolute atomic E-state index is 12.7. The van der Waals surface area contributed by atoms with Gasteiger partial charge in [0.25, 0.3) is 0 Å². The molecule has 2 aliphatic rings. The Hall–Kier alpha value is -3.10. The van der Waals surface area contributed by atoms with Crippen molar-refractivity contribution in [1.82, 2.24) is 15.1 Å². The van der Waals surface area contributed by atoms with Crippen LogP contribution in [-0.4, -0.2) is 59.0 Å². The minimum atomic E-state index is -0.0949. The van der Waals surface area contributed by atoms with Gasteiger partial charge in [0, 0.05) is 30.1 Å². The van der Waals surface area contributed by atoms with E-state index in [-0.39, 0.29) is 31.5 Å². The van der Waals surface area contributed by atoms with Gasteiger partial charge in [-0.25, -0.2) is 4.99 Å². The predicted octanol–water partition coefficient (Wildman–Crippen LogP) is 2.45. The molecule has 0 saturated carbocycles. The molecule has 0 bridgehead atoms. The first-order valence-electron chi connectivity index (χ1n) is 10.5. The molecule has 0 aromatic heterocycles. The molecule has 168 valence electrons. The Balaban J connectivity index is 1.30. The number of halogens is 1. The number of nitrogens with zero attached hydrogens (tertiary/aromatic N) is 3. The number of aliphatic imine (C=N–C) groups is 1. The van der Waals surface area contributed by atoms with Crippen molar-refractivity contribution >= 4 is 35.1 Å². The van der Waals surface area contributed by atoms with E-state index >= 15 is 0 Å². The maximum atomic E-state index is 12.7. The molecule has 9 heteroatoms. The summed E-state index contributed by atoms with van der Waals surface area (Å²) in [5.41, 5.74) is 2.67. The van der Waals surface area contributed by atoms with Crippen molar-refractivity contribution in [3.05, 3.63) is 58.6 Å². The smallest absolute Gasteiger partial charge is 0.246 e. The third kappa shape index (κ3) is 5.20. The van der Waals surface area contributed by atoms with Crippen molar-refractivity contribution in [2.24, 2.45) is 4.99 Å². The van der Waals surface area contributed by atoms with Crippen LogP contribution in [0.3, 0.4) is 0 Å². The highest BCUT2D eigenvalue weighted by atomic mass is 35.5. The fourth-order valence-corrected chi connectivity index (χ4v) is 3.89. The number of aliphatic hydroxyl groups excluding tert-OH is 1. The molecule has 1 saturated heterocycles. The highest BCUT2D eigenvalue weighted by Gasteiger charge is 2.30. The molecular formula is C23H25ClN4O4. The van der Waals surface area contributed by atoms with E-state index in [1.807, 2.05) is 35.2 Å². The maximum Gasteiger partial charge on any atom is 0.246 e. The summed E-state index contributed by atoms with van der Waals surface area (Å²) in [4.78, 5) is 32.3. The SMILES string of the molecule is O=C1CN2Cc3c(cccc3OCCCC(=O)N(CCO)Cc3ccc(Cl)cc3)N=C2N1. The van der Waals surface area contributed by atoms with E-state index in [0.717, 1.165) is 16.8 Å². The first-order valence-corrected chi connectivity index (χ1v) is 10.9. The zero-order valence-electron chi connectivity index (χ0n) is 17.6. The number of rotatable bonds is 9. The normalized spacial score (nSPS) is 14.4. The van der Waals surface area contributed by atoms with Crippen molar-refractivity contribution in [3.8, 4) is 5.75 Å². The Kier molecular flexibility index (Phi) is 6.92. The zero-order valence-corrected chi connectivity index (χ0v) is 18.3. The average molecular weight is 457 g/mol. The standard InChI is InChI=1S/C23H25ClN4O4/c24-17-8-6-16(7-9-17)13-27(10-11-29)22(31)5-2-12-32-20-4-1-3-19-18(20)14-28-15-21(30)26-23(28)25-19/h1,3-4,6-9,29H,2,5,10-15H2,(H,25,26,30). The van der Waals surface area contributed by atoms with Crippen LogP contribution in [-0.2, 0) is 22.7 Å². The first kappa shape index (κ1) is 22.1. The summed E-state index contributed by atoms with van der Waals surface area (Å²) in [5, 5.41) is 12.7. The predicted molar refractivity (Wildman–Crippen MR) is 121 cm³/mol. The summed E-state index contributed by atoms with van der Waals surface area (Å²) in [6.07, 6.45) is 0.860. The molecule has 0 atom stereocenters. The quantitative estimate of drug-likeness (QED) is 0.565. The summed E-state index contributed by atoms with van der Waals surface area (Å²) in [6.45, 7) is 1.82. The molecule has 2 amide bonds. The van der Waals surface area contributed by atoms with E-state index in [9.17, 15) is 14.7 Å². The molecule has 2 aromatic rings. The molecule has 4 rings (SSSR count). The molecular weight excluding hydrogens is 432 g/mol. The van der Waals surface area contributed by atoms with Crippen molar-refractivity contribution in [1.29, 1.82) is 0 Å². The minimum absolute atomic E-state index is 0.0383. The second kappa shape index (κ2) is 10.0. The van der Waals surface area contributed by atoms with E-state index in [2.05, 4.69) is 10.3 Å². The minimum Gasteiger partial charge on any atom is -0.493 e. The second-order valence-electron chi connectivity index (χ2n) is 7.71. The summed E-state index contributed by atoms with van der Waals surface area (Å²) in [7, 11) is 0.